The maximum Gasteiger partial charge on any atom is 0.337 e. The number of nitrogens with zero attached hydrogens (tertiary/aromatic N) is 2. The second-order valence-corrected chi connectivity index (χ2v) is 8.18. The molecule has 3 N–H and O–H groups in total. The highest BCUT2D eigenvalue weighted by molar-refractivity contribution is 6.04. The number of benzene rings is 3. The van der Waals surface area contributed by atoms with Gasteiger partial charge < -0.3 is 20.7 Å². The number of amides is 1. The topological polar surface area (TPSA) is 105 Å². The fraction of sp³-hybridized carbons (Fsp3) is 0.0345. The summed E-state index contributed by atoms with van der Waals surface area (Å²) in [6.45, 7) is 0. The van der Waals surface area contributed by atoms with E-state index < -0.39 is 5.97 Å². The van der Waals surface area contributed by atoms with E-state index in [4.69, 9.17) is 4.74 Å². The van der Waals surface area contributed by atoms with Crippen LogP contribution in [0.25, 0.3) is 10.9 Å². The van der Waals surface area contributed by atoms with E-state index in [9.17, 15) is 9.59 Å². The molecule has 2 heterocycles. The molecule has 37 heavy (non-hydrogen) atoms. The van der Waals surface area contributed by atoms with E-state index in [1.807, 2.05) is 54.6 Å². The first-order valence-electron chi connectivity index (χ1n) is 11.5. The van der Waals surface area contributed by atoms with Crippen molar-refractivity contribution in [3.63, 3.8) is 0 Å². The predicted molar refractivity (Wildman–Crippen MR) is 145 cm³/mol. The number of nitrogens with one attached hydrogen (secondary N) is 3. The van der Waals surface area contributed by atoms with E-state index in [-0.39, 0.29) is 5.91 Å². The molecule has 0 aliphatic rings. The minimum absolute atomic E-state index is 0.210. The molecule has 182 valence electrons. The summed E-state index contributed by atoms with van der Waals surface area (Å²) in [7, 11) is 1.35. The largest absolute Gasteiger partial charge is 0.465 e. The lowest BCUT2D eigenvalue weighted by Crippen LogP contribution is -2.11. The normalized spacial score (nSPS) is 10.5. The Balaban J connectivity index is 1.25. The summed E-state index contributed by atoms with van der Waals surface area (Å²) in [6.07, 6.45) is 5.14. The van der Waals surface area contributed by atoms with Crippen molar-refractivity contribution < 1.29 is 14.3 Å². The van der Waals surface area contributed by atoms with Crippen LogP contribution in [-0.4, -0.2) is 29.0 Å². The number of hydrogen-bond acceptors (Lipinski definition) is 7. The monoisotopic (exact) mass is 489 g/mol. The third kappa shape index (κ3) is 5.54. The number of carbonyl (C=O) groups is 2. The summed E-state index contributed by atoms with van der Waals surface area (Å²) in [4.78, 5) is 33.1. The second-order valence-electron chi connectivity index (χ2n) is 8.18. The molecule has 0 fully saturated rings. The maximum absolute atomic E-state index is 12.8. The number of rotatable bonds is 7. The molecule has 0 spiro atoms. The lowest BCUT2D eigenvalue weighted by Gasteiger charge is -2.11. The molecule has 0 aliphatic carbocycles. The molecule has 8 nitrogen and oxygen atoms in total. The van der Waals surface area contributed by atoms with Crippen molar-refractivity contribution in [2.45, 2.75) is 0 Å². The minimum Gasteiger partial charge on any atom is -0.465 e. The highest BCUT2D eigenvalue weighted by atomic mass is 16.5. The van der Waals surface area contributed by atoms with Gasteiger partial charge in [0, 0.05) is 58.0 Å². The van der Waals surface area contributed by atoms with E-state index in [1.54, 1.807) is 48.9 Å². The summed E-state index contributed by atoms with van der Waals surface area (Å²) >= 11 is 0. The van der Waals surface area contributed by atoms with Crippen molar-refractivity contribution in [1.82, 2.24) is 9.97 Å². The molecule has 2 aromatic heterocycles. The maximum atomic E-state index is 12.8. The molecule has 5 rings (SSSR count). The van der Waals surface area contributed by atoms with E-state index in [0.717, 1.165) is 33.7 Å². The molecular formula is C29H23N5O3. The first-order chi connectivity index (χ1) is 18.1. The van der Waals surface area contributed by atoms with Crippen LogP contribution in [0.5, 0.6) is 0 Å². The number of methoxy groups -OCH3 is 1. The first kappa shape index (κ1) is 23.5. The summed E-state index contributed by atoms with van der Waals surface area (Å²) in [5.74, 6) is -0.620. The van der Waals surface area contributed by atoms with Crippen molar-refractivity contribution >= 4 is 51.2 Å². The Labute approximate surface area is 213 Å². The van der Waals surface area contributed by atoms with E-state index in [1.165, 1.54) is 7.11 Å². The fourth-order valence-electron chi connectivity index (χ4n) is 3.80. The van der Waals surface area contributed by atoms with Crippen LogP contribution in [0.15, 0.2) is 104 Å². The average Bonchev–Trinajstić information content (AvgIpc) is 2.94. The molecule has 0 saturated carbocycles. The van der Waals surface area contributed by atoms with Crippen LogP contribution in [0, 0.1) is 0 Å². The highest BCUT2D eigenvalue weighted by Crippen LogP contribution is 2.27. The quantitative estimate of drug-likeness (QED) is 0.235. The van der Waals surface area contributed by atoms with Crippen molar-refractivity contribution in [2.75, 3.05) is 23.1 Å². The molecule has 0 aliphatic heterocycles. The Morgan fingerprint density at radius 2 is 1.30 bits per heavy atom. The van der Waals surface area contributed by atoms with Gasteiger partial charge in [0.1, 0.15) is 0 Å². The number of aromatic nitrogens is 2. The van der Waals surface area contributed by atoms with Gasteiger partial charge in [-0.15, -0.1) is 0 Å². The Kier molecular flexibility index (Phi) is 6.72. The van der Waals surface area contributed by atoms with Gasteiger partial charge in [-0.05, 0) is 84.9 Å². The molecule has 3 aromatic carbocycles. The van der Waals surface area contributed by atoms with Gasteiger partial charge in [0.25, 0.3) is 5.91 Å². The molecule has 1 amide bonds. The number of carbonyl (C=O) groups excluding carboxylic acids is 2. The van der Waals surface area contributed by atoms with Crippen LogP contribution in [0.4, 0.5) is 28.4 Å². The lowest BCUT2D eigenvalue weighted by atomic mass is 10.1. The average molecular weight is 490 g/mol. The van der Waals surface area contributed by atoms with Crippen molar-refractivity contribution in [1.29, 1.82) is 0 Å². The van der Waals surface area contributed by atoms with Gasteiger partial charge in [-0.2, -0.15) is 0 Å². The van der Waals surface area contributed by atoms with Crippen LogP contribution < -0.4 is 16.0 Å². The Hall–Kier alpha value is -5.24. The van der Waals surface area contributed by atoms with E-state index in [2.05, 4.69) is 25.9 Å². The second kappa shape index (κ2) is 10.6. The number of ether oxygens (including phenoxy) is 1. The predicted octanol–water partition coefficient (Wildman–Crippen LogP) is 6.16. The number of esters is 1. The lowest BCUT2D eigenvalue weighted by molar-refractivity contribution is 0.0600. The Bertz CT molecular complexity index is 1550. The summed E-state index contributed by atoms with van der Waals surface area (Å²) < 4.78 is 4.83. The molecule has 0 atom stereocenters. The van der Waals surface area contributed by atoms with Gasteiger partial charge in [0.05, 0.1) is 18.2 Å². The van der Waals surface area contributed by atoms with Gasteiger partial charge >= 0.3 is 5.97 Å². The number of pyridine rings is 2. The Morgan fingerprint density at radius 3 is 2.03 bits per heavy atom. The standard InChI is InChI=1S/C29H23N5O3/c1-37-29(36)20-4-11-26-25(18-20)27(14-17-31-26)33-22-5-2-19(3-6-22)28(35)34-23-9-7-21(8-10-23)32-24-12-15-30-16-13-24/h2-18H,1H3,(H,30,32)(H,31,33)(H,34,35). The smallest absolute Gasteiger partial charge is 0.337 e. The van der Waals surface area contributed by atoms with E-state index >= 15 is 0 Å². The molecule has 0 radical (unpaired) electrons. The molecular weight excluding hydrogens is 466 g/mol. The van der Waals surface area contributed by atoms with Crippen LogP contribution in [0.3, 0.4) is 0 Å². The number of anilines is 5. The zero-order valence-corrected chi connectivity index (χ0v) is 19.9. The zero-order valence-electron chi connectivity index (χ0n) is 19.9. The zero-order chi connectivity index (χ0) is 25.6. The SMILES string of the molecule is COC(=O)c1ccc2nccc(Nc3ccc(C(=O)Nc4ccc(Nc5ccncc5)cc4)cc3)c2c1. The first-order valence-corrected chi connectivity index (χ1v) is 11.5. The van der Waals surface area contributed by atoms with Crippen LogP contribution in [0.2, 0.25) is 0 Å². The highest BCUT2D eigenvalue weighted by Gasteiger charge is 2.10. The summed E-state index contributed by atoms with van der Waals surface area (Å²) in [6, 6.07) is 25.4. The molecule has 5 aromatic rings. The molecule has 0 bridgehead atoms. The molecule has 0 saturated heterocycles. The molecule has 8 heteroatoms. The molecule has 0 unspecified atom stereocenters. The van der Waals surface area contributed by atoms with Gasteiger partial charge in [-0.1, -0.05) is 0 Å². The van der Waals surface area contributed by atoms with Gasteiger partial charge in [0.2, 0.25) is 0 Å². The number of fused-ring (bicyclic) bond motifs is 1. The fourth-order valence-corrected chi connectivity index (χ4v) is 3.80. The van der Waals surface area contributed by atoms with Gasteiger partial charge in [-0.25, -0.2) is 4.79 Å². The minimum atomic E-state index is -0.410. The van der Waals surface area contributed by atoms with Crippen LogP contribution >= 0.6 is 0 Å². The van der Waals surface area contributed by atoms with Crippen molar-refractivity contribution in [3.8, 4) is 0 Å². The van der Waals surface area contributed by atoms with Crippen molar-refractivity contribution in [2.24, 2.45) is 0 Å². The third-order valence-corrected chi connectivity index (χ3v) is 5.70. The number of hydrogen-bond donors (Lipinski definition) is 3. The summed E-state index contributed by atoms with van der Waals surface area (Å²) in [5.41, 5.74) is 5.82. The summed E-state index contributed by atoms with van der Waals surface area (Å²) in [5, 5.41) is 10.3. The van der Waals surface area contributed by atoms with Crippen LogP contribution in [0.1, 0.15) is 20.7 Å². The Morgan fingerprint density at radius 1 is 0.676 bits per heavy atom. The van der Waals surface area contributed by atoms with Gasteiger partial charge in [0.15, 0.2) is 0 Å². The van der Waals surface area contributed by atoms with E-state index in [0.29, 0.717) is 16.8 Å². The van der Waals surface area contributed by atoms with Crippen LogP contribution in [-0.2, 0) is 4.74 Å². The van der Waals surface area contributed by atoms with Crippen molar-refractivity contribution in [3.05, 3.63) is 115 Å². The van der Waals surface area contributed by atoms with Gasteiger partial charge in [-0.3, -0.25) is 14.8 Å². The third-order valence-electron chi connectivity index (χ3n) is 5.70.